The van der Waals surface area contributed by atoms with E-state index in [9.17, 15) is 9.59 Å². The molecule has 0 radical (unpaired) electrons. The first-order chi connectivity index (χ1) is 7.65. The van der Waals surface area contributed by atoms with E-state index in [0.29, 0.717) is 12.0 Å². The number of ether oxygens (including phenoxy) is 1. The summed E-state index contributed by atoms with van der Waals surface area (Å²) >= 11 is 0. The molecule has 86 valence electrons. The van der Waals surface area contributed by atoms with Crippen LogP contribution in [0.4, 0.5) is 0 Å². The number of carbonyl (C=O) groups excluding carboxylic acids is 2. The monoisotopic (exact) mass is 220 g/mol. The van der Waals surface area contributed by atoms with Crippen molar-refractivity contribution in [2.75, 3.05) is 0 Å². The van der Waals surface area contributed by atoms with Crippen molar-refractivity contribution in [3.05, 3.63) is 35.9 Å². The molecule has 0 fully saturated rings. The van der Waals surface area contributed by atoms with Gasteiger partial charge in [0, 0.05) is 0 Å². The molecule has 3 heteroatoms. The Kier molecular flexibility index (Phi) is 4.70. The van der Waals surface area contributed by atoms with Crippen LogP contribution in [0, 0.1) is 0 Å². The molecule has 0 aliphatic carbocycles. The fraction of sp³-hybridized carbons (Fsp3) is 0.385. The highest BCUT2D eigenvalue weighted by atomic mass is 16.5. The van der Waals surface area contributed by atoms with Gasteiger partial charge in [-0.1, -0.05) is 31.5 Å². The zero-order valence-electron chi connectivity index (χ0n) is 9.60. The zero-order valence-corrected chi connectivity index (χ0v) is 9.60. The van der Waals surface area contributed by atoms with E-state index < -0.39 is 12.1 Å². The Balaban J connectivity index is 2.65. The fourth-order valence-electron chi connectivity index (χ4n) is 1.38. The smallest absolute Gasteiger partial charge is 0.338 e. The molecule has 0 unspecified atom stereocenters. The molecule has 16 heavy (non-hydrogen) atoms. The molecule has 1 aromatic rings. The van der Waals surface area contributed by atoms with Gasteiger partial charge < -0.3 is 4.74 Å². The minimum atomic E-state index is -0.613. The molecule has 0 saturated carbocycles. The van der Waals surface area contributed by atoms with Crippen LogP contribution >= 0.6 is 0 Å². The first kappa shape index (κ1) is 12.4. The third-order valence-corrected chi connectivity index (χ3v) is 2.26. The molecule has 0 amide bonds. The molecule has 1 rings (SSSR count). The van der Waals surface area contributed by atoms with E-state index in [2.05, 4.69) is 0 Å². The average molecular weight is 220 g/mol. The Morgan fingerprint density at radius 3 is 2.38 bits per heavy atom. The maximum absolute atomic E-state index is 11.7. The van der Waals surface area contributed by atoms with Crippen molar-refractivity contribution in [2.45, 2.75) is 32.8 Å². The van der Waals surface area contributed by atoms with Gasteiger partial charge in [0.1, 0.15) is 0 Å². The number of hydrogen-bond acceptors (Lipinski definition) is 3. The number of carbonyl (C=O) groups is 2. The number of hydrogen-bond donors (Lipinski definition) is 0. The maximum atomic E-state index is 11.7. The van der Waals surface area contributed by atoms with Crippen LogP contribution in [0.3, 0.4) is 0 Å². The Bertz CT molecular complexity index is 357. The minimum Gasteiger partial charge on any atom is -0.451 e. The van der Waals surface area contributed by atoms with E-state index >= 15 is 0 Å². The molecule has 0 spiro atoms. The normalized spacial score (nSPS) is 11.9. The van der Waals surface area contributed by atoms with Gasteiger partial charge >= 0.3 is 5.97 Å². The molecule has 0 bridgehead atoms. The van der Waals surface area contributed by atoms with E-state index in [4.69, 9.17) is 4.74 Å². The van der Waals surface area contributed by atoms with E-state index in [1.165, 1.54) is 6.92 Å². The molecule has 0 N–H and O–H groups in total. The van der Waals surface area contributed by atoms with Gasteiger partial charge in [-0.3, -0.25) is 4.79 Å². The average Bonchev–Trinajstić information content (AvgIpc) is 2.29. The fourth-order valence-corrected chi connectivity index (χ4v) is 1.38. The Morgan fingerprint density at radius 1 is 1.25 bits per heavy atom. The molecule has 1 aromatic carbocycles. The van der Waals surface area contributed by atoms with Crippen LogP contribution in [-0.4, -0.2) is 17.9 Å². The lowest BCUT2D eigenvalue weighted by atomic mass is 10.1. The summed E-state index contributed by atoms with van der Waals surface area (Å²) in [5.41, 5.74) is 0.477. The number of rotatable bonds is 5. The Labute approximate surface area is 95.4 Å². The van der Waals surface area contributed by atoms with Crippen molar-refractivity contribution in [2.24, 2.45) is 0 Å². The van der Waals surface area contributed by atoms with Crippen molar-refractivity contribution >= 4 is 11.8 Å². The van der Waals surface area contributed by atoms with Crippen LogP contribution in [0.15, 0.2) is 30.3 Å². The van der Waals surface area contributed by atoms with Crippen LogP contribution in [0.25, 0.3) is 0 Å². The second-order valence-corrected chi connectivity index (χ2v) is 3.66. The topological polar surface area (TPSA) is 43.4 Å². The first-order valence-corrected chi connectivity index (χ1v) is 5.41. The van der Waals surface area contributed by atoms with Crippen LogP contribution < -0.4 is 0 Å². The summed E-state index contributed by atoms with van der Waals surface area (Å²) in [4.78, 5) is 22.9. The van der Waals surface area contributed by atoms with Crippen LogP contribution in [0.2, 0.25) is 0 Å². The number of Topliss-reactive ketones (excluding diaryl/α,β-unsaturated/α-hetero) is 1. The van der Waals surface area contributed by atoms with Crippen molar-refractivity contribution in [3.8, 4) is 0 Å². The molecule has 0 aromatic heterocycles. The highest BCUT2D eigenvalue weighted by Gasteiger charge is 2.18. The predicted molar refractivity (Wildman–Crippen MR) is 61.2 cm³/mol. The van der Waals surface area contributed by atoms with Gasteiger partial charge in [0.25, 0.3) is 0 Å². The lowest BCUT2D eigenvalue weighted by Gasteiger charge is -2.13. The largest absolute Gasteiger partial charge is 0.451 e. The summed E-state index contributed by atoms with van der Waals surface area (Å²) in [6.45, 7) is 3.39. The number of esters is 1. The predicted octanol–water partition coefficient (Wildman–Crippen LogP) is 2.60. The van der Waals surface area contributed by atoms with Crippen LogP contribution in [0.1, 0.15) is 37.0 Å². The number of ketones is 1. The highest BCUT2D eigenvalue weighted by molar-refractivity contribution is 5.92. The summed E-state index contributed by atoms with van der Waals surface area (Å²) in [5, 5.41) is 0. The van der Waals surface area contributed by atoms with Crippen molar-refractivity contribution < 1.29 is 14.3 Å². The minimum absolute atomic E-state index is 0.105. The molecule has 1 atom stereocenters. The third kappa shape index (κ3) is 3.50. The zero-order chi connectivity index (χ0) is 12.0. The molecule has 3 nitrogen and oxygen atoms in total. The number of benzene rings is 1. The van der Waals surface area contributed by atoms with Crippen molar-refractivity contribution in [1.29, 1.82) is 0 Å². The molecule has 0 saturated heterocycles. The SMILES string of the molecule is CCC[C@H](OC(=O)c1ccccc1)C(C)=O. The highest BCUT2D eigenvalue weighted by Crippen LogP contribution is 2.08. The second-order valence-electron chi connectivity index (χ2n) is 3.66. The quantitative estimate of drug-likeness (QED) is 0.716. The van der Waals surface area contributed by atoms with E-state index in [0.717, 1.165) is 6.42 Å². The first-order valence-electron chi connectivity index (χ1n) is 5.41. The van der Waals surface area contributed by atoms with Gasteiger partial charge in [0.05, 0.1) is 5.56 Å². The van der Waals surface area contributed by atoms with E-state index in [1.807, 2.05) is 13.0 Å². The summed E-state index contributed by atoms with van der Waals surface area (Å²) in [6.07, 6.45) is 0.776. The molecular weight excluding hydrogens is 204 g/mol. The third-order valence-electron chi connectivity index (χ3n) is 2.26. The van der Waals surface area contributed by atoms with Crippen LogP contribution in [-0.2, 0) is 9.53 Å². The summed E-state index contributed by atoms with van der Waals surface area (Å²) in [7, 11) is 0. The lowest BCUT2D eigenvalue weighted by Crippen LogP contribution is -2.25. The molecule has 0 heterocycles. The summed E-state index contributed by atoms with van der Waals surface area (Å²) in [5.74, 6) is -0.541. The van der Waals surface area contributed by atoms with Gasteiger partial charge in [-0.15, -0.1) is 0 Å². The standard InChI is InChI=1S/C13H16O3/c1-3-7-12(10(2)14)16-13(15)11-8-5-4-6-9-11/h4-6,8-9,12H,3,7H2,1-2H3/t12-/m0/s1. The lowest BCUT2D eigenvalue weighted by molar-refractivity contribution is -0.125. The molecular formula is C13H16O3. The molecule has 0 aliphatic heterocycles. The Hall–Kier alpha value is -1.64. The van der Waals surface area contributed by atoms with Gasteiger partial charge in [0.15, 0.2) is 11.9 Å². The van der Waals surface area contributed by atoms with Gasteiger partial charge in [0.2, 0.25) is 0 Å². The van der Waals surface area contributed by atoms with E-state index in [1.54, 1.807) is 24.3 Å². The van der Waals surface area contributed by atoms with Gasteiger partial charge in [-0.05, 0) is 25.5 Å². The van der Waals surface area contributed by atoms with Gasteiger partial charge in [-0.2, -0.15) is 0 Å². The van der Waals surface area contributed by atoms with Crippen LogP contribution in [0.5, 0.6) is 0 Å². The van der Waals surface area contributed by atoms with Crippen molar-refractivity contribution in [3.63, 3.8) is 0 Å². The molecule has 0 aliphatic rings. The Morgan fingerprint density at radius 2 is 1.88 bits per heavy atom. The summed E-state index contributed by atoms with van der Waals surface area (Å²) < 4.78 is 5.15. The maximum Gasteiger partial charge on any atom is 0.338 e. The van der Waals surface area contributed by atoms with E-state index in [-0.39, 0.29) is 5.78 Å². The van der Waals surface area contributed by atoms with Crippen molar-refractivity contribution in [1.82, 2.24) is 0 Å². The van der Waals surface area contributed by atoms with Gasteiger partial charge in [-0.25, -0.2) is 4.79 Å². The second kappa shape index (κ2) is 6.05. The summed E-state index contributed by atoms with van der Waals surface area (Å²) in [6, 6.07) is 8.70.